The molecule has 0 rings (SSSR count). The molecular weight excluding hydrogens is 357 g/mol. The molecule has 2 radical (unpaired) electrons. The summed E-state index contributed by atoms with van der Waals surface area (Å²) < 4.78 is 9.64. The van der Waals surface area contributed by atoms with Gasteiger partial charge in [-0.05, 0) is 0 Å². The van der Waals surface area contributed by atoms with Gasteiger partial charge in [0.2, 0.25) is 0 Å². The number of rotatable bonds is 4. The van der Waals surface area contributed by atoms with Crippen molar-refractivity contribution in [1.29, 1.82) is 0 Å². The van der Waals surface area contributed by atoms with Gasteiger partial charge in [0, 0.05) is 0 Å². The van der Waals surface area contributed by atoms with Crippen molar-refractivity contribution < 1.29 is 0 Å². The molecule has 19 heavy (non-hydrogen) atoms. The summed E-state index contributed by atoms with van der Waals surface area (Å²) in [5, 5.41) is 0. The van der Waals surface area contributed by atoms with E-state index in [0.29, 0.717) is 0 Å². The summed E-state index contributed by atoms with van der Waals surface area (Å²) in [4.78, 5) is 0. The Labute approximate surface area is 138 Å². The number of hydrogen-bond acceptors (Lipinski definition) is 0. The normalized spacial score (nSPS) is 13.3. The minimum atomic E-state index is -1.11. The van der Waals surface area contributed by atoms with Crippen LogP contribution in [-0.2, 0) is 0 Å². The minimum absolute atomic E-state index is 0. The summed E-state index contributed by atoms with van der Waals surface area (Å²) in [5.74, 6) is 0. The Morgan fingerprint density at radius 2 is 0.474 bits per heavy atom. The maximum absolute atomic E-state index is 4.82. The van der Waals surface area contributed by atoms with Crippen LogP contribution in [0.5, 0.6) is 0 Å². The van der Waals surface area contributed by atoms with Crippen LogP contribution in [0.4, 0.5) is 0 Å². The molecule has 118 valence electrons. The molecule has 0 aromatic rings. The van der Waals surface area contributed by atoms with Gasteiger partial charge in [0.1, 0.15) is 0 Å². The molecule has 2 nitrogen and oxygen atoms in total. The van der Waals surface area contributed by atoms with Crippen LogP contribution in [0, 0.1) is 0 Å². The molecule has 0 bridgehead atoms. The van der Waals surface area contributed by atoms with Gasteiger partial charge < -0.3 is 9.30 Å². The predicted molar refractivity (Wildman–Crippen MR) is 109 cm³/mol. The predicted octanol–water partition coefficient (Wildman–Crippen LogP) is 5.14. The third-order valence-corrected chi connectivity index (χ3v) is 12.1. The molecule has 0 amide bonds. The van der Waals surface area contributed by atoms with E-state index in [9.17, 15) is 0 Å². The average Bonchev–Trinajstić information content (AvgIpc) is 1.64. The molecule has 0 unspecified atom stereocenters. The zero-order valence-corrected chi connectivity index (χ0v) is 22.6. The fraction of sp³-hybridized carbons (Fsp3) is 1.00. The van der Waals surface area contributed by atoms with Crippen LogP contribution < -0.4 is 0 Å². The third-order valence-electron chi connectivity index (χ3n) is 1.34. The van der Waals surface area contributed by atoms with Crippen molar-refractivity contribution >= 4 is 50.5 Å². The molecule has 7 heteroatoms. The second-order valence-electron chi connectivity index (χ2n) is 8.91. The van der Waals surface area contributed by atoms with E-state index in [1.165, 1.54) is 0 Å². The summed E-state index contributed by atoms with van der Waals surface area (Å²) in [5.41, 5.74) is 0. The molecule has 0 N–H and O–H groups in total. The fourth-order valence-corrected chi connectivity index (χ4v) is 18.1. The first-order valence-corrected chi connectivity index (χ1v) is 20.7. The first kappa shape index (κ1) is 25.3. The molecule has 0 aliphatic heterocycles. The van der Waals surface area contributed by atoms with Crippen LogP contribution in [0.2, 0.25) is 78.6 Å². The van der Waals surface area contributed by atoms with Crippen LogP contribution >= 0.6 is 0 Å². The standard InChI is InChI=1S/2C6H18NSi2.GeH2/c2*1-8(2,3)7-9(4,5)6;/h2*1-6H3;1H2/q2*-1;. The van der Waals surface area contributed by atoms with Gasteiger partial charge in [0.05, 0.1) is 0 Å². The molecule has 0 aromatic heterocycles. The van der Waals surface area contributed by atoms with Crippen LogP contribution in [0.25, 0.3) is 9.30 Å². The Kier molecular flexibility index (Phi) is 11.6. The molecule has 0 aliphatic carbocycles. The van der Waals surface area contributed by atoms with Gasteiger partial charge in [-0.3, -0.25) is 0 Å². The van der Waals surface area contributed by atoms with Crippen molar-refractivity contribution in [2.24, 2.45) is 0 Å². The van der Waals surface area contributed by atoms with Crippen LogP contribution in [0.1, 0.15) is 0 Å². The quantitative estimate of drug-likeness (QED) is 0.590. The Morgan fingerprint density at radius 3 is 0.474 bits per heavy atom. The monoisotopic (exact) mass is 396 g/mol. The van der Waals surface area contributed by atoms with Gasteiger partial charge in [-0.25, -0.2) is 0 Å². The number of nitrogens with zero attached hydrogens (tertiary/aromatic N) is 2. The molecule has 0 aromatic carbocycles. The number of hydrogen-bond donors (Lipinski definition) is 0. The second-order valence-corrected chi connectivity index (χ2v) is 28.1. The van der Waals surface area contributed by atoms with E-state index in [1.54, 1.807) is 0 Å². The summed E-state index contributed by atoms with van der Waals surface area (Å²) in [7, 11) is -4.42. The zero-order chi connectivity index (χ0) is 15.4. The van der Waals surface area contributed by atoms with Crippen molar-refractivity contribution in [1.82, 2.24) is 0 Å². The third kappa shape index (κ3) is 32.7. The zero-order valence-electron chi connectivity index (χ0n) is 15.6. The van der Waals surface area contributed by atoms with E-state index in [4.69, 9.17) is 9.30 Å². The molecule has 0 spiro atoms. The van der Waals surface area contributed by atoms with E-state index in [0.717, 1.165) is 0 Å². The van der Waals surface area contributed by atoms with Gasteiger partial charge in [-0.2, -0.15) is 0 Å². The van der Waals surface area contributed by atoms with Crippen LogP contribution in [0.15, 0.2) is 0 Å². The van der Waals surface area contributed by atoms with E-state index in [2.05, 4.69) is 78.6 Å². The Hall–Kier alpha value is 1.33. The van der Waals surface area contributed by atoms with Crippen molar-refractivity contribution in [2.75, 3.05) is 0 Å². The average molecular weight is 395 g/mol. The van der Waals surface area contributed by atoms with Gasteiger partial charge in [-0.15, -0.1) is 0 Å². The van der Waals surface area contributed by atoms with Gasteiger partial charge in [0.25, 0.3) is 0 Å². The maximum atomic E-state index is 4.82. The molecule has 0 heterocycles. The topological polar surface area (TPSA) is 28.2 Å². The first-order chi connectivity index (χ1) is 7.41. The summed E-state index contributed by atoms with van der Waals surface area (Å²) in [6.45, 7) is 27.6. The van der Waals surface area contributed by atoms with Crippen LogP contribution in [-0.4, -0.2) is 50.5 Å². The Balaban J connectivity index is -0.000000256. The molecule has 0 fully saturated rings. The van der Waals surface area contributed by atoms with Gasteiger partial charge in [-0.1, -0.05) is 112 Å². The van der Waals surface area contributed by atoms with Crippen molar-refractivity contribution in [3.63, 3.8) is 0 Å². The van der Waals surface area contributed by atoms with Gasteiger partial charge >= 0.3 is 17.6 Å². The second kappa shape index (κ2) is 8.70. The summed E-state index contributed by atoms with van der Waals surface area (Å²) in [6.07, 6.45) is 0. The molecular formula is C12H38GeN2Si4-2. The van der Waals surface area contributed by atoms with Crippen molar-refractivity contribution in [3.05, 3.63) is 9.30 Å². The summed E-state index contributed by atoms with van der Waals surface area (Å²) in [6, 6.07) is 0. The van der Waals surface area contributed by atoms with Crippen molar-refractivity contribution in [2.45, 2.75) is 78.6 Å². The van der Waals surface area contributed by atoms with Gasteiger partial charge in [0.15, 0.2) is 0 Å². The van der Waals surface area contributed by atoms with E-state index in [1.807, 2.05) is 0 Å². The molecule has 0 saturated carbocycles. The van der Waals surface area contributed by atoms with E-state index >= 15 is 0 Å². The van der Waals surface area contributed by atoms with E-state index in [-0.39, 0.29) is 17.6 Å². The Bertz CT molecular complexity index is 184. The molecule has 0 saturated heterocycles. The van der Waals surface area contributed by atoms with E-state index < -0.39 is 32.9 Å². The van der Waals surface area contributed by atoms with Crippen LogP contribution in [0.3, 0.4) is 0 Å². The van der Waals surface area contributed by atoms with Crippen molar-refractivity contribution in [3.8, 4) is 0 Å². The molecule has 0 aliphatic rings. The first-order valence-electron chi connectivity index (χ1n) is 6.89. The molecule has 0 atom stereocenters. The SMILES string of the molecule is C[Si](C)(C)[N-][Si](C)(C)C.C[Si](C)(C)[N-][Si](C)(C)C.[GeH2]. The fourth-order valence-electron chi connectivity index (χ4n) is 2.01. The summed E-state index contributed by atoms with van der Waals surface area (Å²) >= 11 is 0. The Morgan fingerprint density at radius 1 is 0.368 bits per heavy atom.